The van der Waals surface area contributed by atoms with Crippen LogP contribution in [0.3, 0.4) is 0 Å². The number of carbonyl (C=O) groups is 1. The van der Waals surface area contributed by atoms with Crippen LogP contribution in [0, 0.1) is 45.3 Å². The molecule has 3 heteroatoms. The molecule has 9 atom stereocenters. The monoisotopic (exact) mass is 458 g/mol. The first-order valence-corrected chi connectivity index (χ1v) is 13.7. The predicted molar refractivity (Wildman–Crippen MR) is 135 cm³/mol. The fourth-order valence-electron chi connectivity index (χ4n) is 9.96. The lowest BCUT2D eigenvalue weighted by atomic mass is 9.35. The summed E-state index contributed by atoms with van der Waals surface area (Å²) in [5, 5.41) is 22.4. The first kappa shape index (κ1) is 25.4. The van der Waals surface area contributed by atoms with E-state index in [2.05, 4.69) is 54.5 Å². The van der Waals surface area contributed by atoms with Crippen LogP contribution in [0.5, 0.6) is 0 Å². The van der Waals surface area contributed by atoms with Crippen molar-refractivity contribution < 1.29 is 15.0 Å². The molecular weight excluding hydrogens is 408 g/mol. The summed E-state index contributed by atoms with van der Waals surface area (Å²) in [6, 6.07) is 0. The van der Waals surface area contributed by atoms with Gasteiger partial charge in [-0.25, -0.2) is 0 Å². The Kier molecular flexibility index (Phi) is 6.10. The van der Waals surface area contributed by atoms with Gasteiger partial charge in [0.15, 0.2) is 0 Å². The zero-order valence-corrected chi connectivity index (χ0v) is 22.6. The summed E-state index contributed by atoms with van der Waals surface area (Å²) in [7, 11) is 0. The highest BCUT2D eigenvalue weighted by Gasteiger charge is 2.71. The van der Waals surface area contributed by atoms with Crippen molar-refractivity contribution in [2.24, 2.45) is 45.3 Å². The Bertz CT molecular complexity index is 820. The summed E-state index contributed by atoms with van der Waals surface area (Å²) in [4.78, 5) is 14.0. The van der Waals surface area contributed by atoms with Crippen LogP contribution in [0.15, 0.2) is 11.6 Å². The molecule has 4 aliphatic carbocycles. The molecular formula is C30H50O3. The van der Waals surface area contributed by atoms with Crippen molar-refractivity contribution in [1.29, 1.82) is 0 Å². The second-order valence-electron chi connectivity index (χ2n) is 14.3. The standard InChI is InChI=1S/C30H50O3/c1-19(2)10-9-14-30(8,33)20-11-16-29(7)25(20)21(31)18-23-27(5)15-13-24(32)26(3,4)22(27)12-17-28(23,29)6/h10,20,22-25,32-33H,9,11-18H2,1-8H3/t20?,22?,23?,24-,25?,27-,28+,29+,30-/m0/s1. The Balaban J connectivity index is 1.67. The molecule has 0 amide bonds. The Hall–Kier alpha value is -0.670. The van der Waals surface area contributed by atoms with Crippen LogP contribution in [0.1, 0.15) is 113 Å². The molecule has 33 heavy (non-hydrogen) atoms. The highest BCUT2D eigenvalue weighted by Crippen LogP contribution is 2.75. The van der Waals surface area contributed by atoms with E-state index < -0.39 is 5.60 Å². The normalized spacial score (nSPS) is 48.3. The van der Waals surface area contributed by atoms with Gasteiger partial charge in [0.1, 0.15) is 5.78 Å². The van der Waals surface area contributed by atoms with Gasteiger partial charge in [-0.1, -0.05) is 46.3 Å². The topological polar surface area (TPSA) is 57.5 Å². The number of hydrogen-bond donors (Lipinski definition) is 2. The molecule has 4 aliphatic rings. The van der Waals surface area contributed by atoms with E-state index in [4.69, 9.17) is 0 Å². The number of hydrogen-bond acceptors (Lipinski definition) is 3. The predicted octanol–water partition coefficient (Wildman–Crippen LogP) is 6.71. The zero-order valence-electron chi connectivity index (χ0n) is 22.6. The van der Waals surface area contributed by atoms with Gasteiger partial charge in [-0.15, -0.1) is 0 Å². The van der Waals surface area contributed by atoms with E-state index in [0.29, 0.717) is 24.0 Å². The van der Waals surface area contributed by atoms with Crippen molar-refractivity contribution in [2.75, 3.05) is 0 Å². The molecule has 4 unspecified atom stereocenters. The van der Waals surface area contributed by atoms with Crippen molar-refractivity contribution in [3.05, 3.63) is 11.6 Å². The van der Waals surface area contributed by atoms with Crippen LogP contribution in [-0.2, 0) is 4.79 Å². The molecule has 0 aromatic carbocycles. The van der Waals surface area contributed by atoms with Gasteiger partial charge in [-0.2, -0.15) is 0 Å². The van der Waals surface area contributed by atoms with Crippen LogP contribution >= 0.6 is 0 Å². The first-order chi connectivity index (χ1) is 15.1. The highest BCUT2D eigenvalue weighted by molar-refractivity contribution is 5.84. The minimum absolute atomic E-state index is 0.0252. The molecule has 0 aliphatic heterocycles. The van der Waals surface area contributed by atoms with Gasteiger partial charge in [-0.3, -0.25) is 4.79 Å². The van der Waals surface area contributed by atoms with E-state index in [-0.39, 0.29) is 39.6 Å². The molecule has 4 rings (SSSR count). The Labute approximate surface area is 202 Å². The summed E-state index contributed by atoms with van der Waals surface area (Å²) in [6.07, 6.45) is 10.4. The van der Waals surface area contributed by atoms with Gasteiger partial charge >= 0.3 is 0 Å². The number of rotatable bonds is 4. The third-order valence-electron chi connectivity index (χ3n) is 12.1. The van der Waals surface area contributed by atoms with Crippen LogP contribution < -0.4 is 0 Å². The van der Waals surface area contributed by atoms with Crippen molar-refractivity contribution >= 4 is 5.78 Å². The number of Topliss-reactive ketones (excluding diaryl/α,β-unsaturated/α-hetero) is 1. The fraction of sp³-hybridized carbons (Fsp3) is 0.900. The lowest BCUT2D eigenvalue weighted by Crippen LogP contribution is -2.65. The van der Waals surface area contributed by atoms with E-state index in [9.17, 15) is 15.0 Å². The Morgan fingerprint density at radius 2 is 1.64 bits per heavy atom. The minimum Gasteiger partial charge on any atom is -0.393 e. The lowest BCUT2D eigenvalue weighted by molar-refractivity contribution is -0.221. The second kappa shape index (κ2) is 7.92. The smallest absolute Gasteiger partial charge is 0.137 e. The molecule has 0 saturated heterocycles. The number of aliphatic hydroxyl groups is 2. The van der Waals surface area contributed by atoms with Crippen molar-refractivity contribution in [3.63, 3.8) is 0 Å². The van der Waals surface area contributed by atoms with Crippen LogP contribution in [0.25, 0.3) is 0 Å². The van der Waals surface area contributed by atoms with Crippen molar-refractivity contribution in [1.82, 2.24) is 0 Å². The molecule has 0 aromatic rings. The first-order valence-electron chi connectivity index (χ1n) is 13.7. The number of fused-ring (bicyclic) bond motifs is 5. The Morgan fingerprint density at radius 1 is 1.00 bits per heavy atom. The summed E-state index contributed by atoms with van der Waals surface area (Å²) in [5.74, 6) is 1.29. The number of allylic oxidation sites excluding steroid dienone is 2. The average molecular weight is 459 g/mol. The van der Waals surface area contributed by atoms with Gasteiger partial charge in [0.05, 0.1) is 11.7 Å². The molecule has 0 heterocycles. The van der Waals surface area contributed by atoms with Gasteiger partial charge in [0.2, 0.25) is 0 Å². The van der Waals surface area contributed by atoms with Gasteiger partial charge in [-0.05, 0) is 112 Å². The molecule has 4 saturated carbocycles. The molecule has 188 valence electrons. The molecule has 0 bridgehead atoms. The van der Waals surface area contributed by atoms with Gasteiger partial charge in [0.25, 0.3) is 0 Å². The quantitative estimate of drug-likeness (QED) is 0.460. The molecule has 2 N–H and O–H groups in total. The molecule has 0 spiro atoms. The maximum absolute atomic E-state index is 14.0. The van der Waals surface area contributed by atoms with Crippen LogP contribution in [0.4, 0.5) is 0 Å². The summed E-state index contributed by atoms with van der Waals surface area (Å²) < 4.78 is 0. The van der Waals surface area contributed by atoms with Crippen molar-refractivity contribution in [3.8, 4) is 0 Å². The minimum atomic E-state index is -0.800. The second-order valence-corrected chi connectivity index (χ2v) is 14.3. The van der Waals surface area contributed by atoms with Crippen molar-refractivity contribution in [2.45, 2.75) is 125 Å². The molecule has 3 nitrogen and oxygen atoms in total. The van der Waals surface area contributed by atoms with Gasteiger partial charge in [0, 0.05) is 12.3 Å². The molecule has 0 radical (unpaired) electrons. The van der Waals surface area contributed by atoms with E-state index in [1.54, 1.807) is 0 Å². The SMILES string of the molecule is CC(C)=CCC[C@](C)(O)C1CC[C@]2(C)C1C(=O)CC1[C@@]3(C)CC[C@H](O)C(C)(C)C3CC[C@]12C. The average Bonchev–Trinajstić information content (AvgIpc) is 3.08. The largest absolute Gasteiger partial charge is 0.393 e. The summed E-state index contributed by atoms with van der Waals surface area (Å²) in [5.41, 5.74) is 0.555. The van der Waals surface area contributed by atoms with E-state index in [1.165, 1.54) is 5.57 Å². The van der Waals surface area contributed by atoms with E-state index in [0.717, 1.165) is 51.4 Å². The number of carbonyl (C=O) groups excluding carboxylic acids is 1. The molecule has 0 aromatic heterocycles. The Morgan fingerprint density at radius 3 is 2.27 bits per heavy atom. The maximum atomic E-state index is 14.0. The third-order valence-corrected chi connectivity index (χ3v) is 12.1. The fourth-order valence-corrected chi connectivity index (χ4v) is 9.96. The lowest BCUT2D eigenvalue weighted by Gasteiger charge is -2.69. The summed E-state index contributed by atoms with van der Waals surface area (Å²) in [6.45, 7) is 18.1. The maximum Gasteiger partial charge on any atom is 0.137 e. The summed E-state index contributed by atoms with van der Waals surface area (Å²) >= 11 is 0. The molecule has 4 fully saturated rings. The number of aliphatic hydroxyl groups excluding tert-OH is 1. The van der Waals surface area contributed by atoms with Crippen LogP contribution in [-0.4, -0.2) is 27.7 Å². The van der Waals surface area contributed by atoms with E-state index >= 15 is 0 Å². The number of ketones is 1. The zero-order chi connectivity index (χ0) is 24.6. The van der Waals surface area contributed by atoms with Crippen LogP contribution in [0.2, 0.25) is 0 Å². The highest BCUT2D eigenvalue weighted by atomic mass is 16.3. The van der Waals surface area contributed by atoms with E-state index in [1.807, 2.05) is 6.92 Å². The third kappa shape index (κ3) is 3.53. The van der Waals surface area contributed by atoms with Gasteiger partial charge < -0.3 is 10.2 Å².